The van der Waals surface area contributed by atoms with Gasteiger partial charge in [0.15, 0.2) is 23.3 Å². The van der Waals surface area contributed by atoms with Gasteiger partial charge in [-0.25, -0.2) is 55.1 Å². The van der Waals surface area contributed by atoms with Gasteiger partial charge in [-0.2, -0.15) is 46.7 Å². The molecule has 0 bridgehead atoms. The molecule has 574 valence electrons. The Morgan fingerprint density at radius 1 is 0.354 bits per heavy atom. The van der Waals surface area contributed by atoms with E-state index in [1.807, 2.05) is 13.0 Å². The zero-order valence-electron chi connectivity index (χ0n) is 55.9. The maximum Gasteiger partial charge on any atom is 0.418 e. The summed E-state index contributed by atoms with van der Waals surface area (Å²) in [6.45, 7) is 1.87. The van der Waals surface area contributed by atoms with Crippen LogP contribution in [0.4, 0.5) is 84.2 Å². The molecule has 12 N–H and O–H groups in total. The fraction of sp³-hybridized carbons (Fsp3) is 0.0423. The second kappa shape index (κ2) is 31.5. The number of nitrogens with zero attached hydrogens (tertiary/aromatic N) is 8. The Labute approximate surface area is 639 Å². The van der Waals surface area contributed by atoms with Gasteiger partial charge in [-0.1, -0.05) is 70.7 Å². The van der Waals surface area contributed by atoms with Crippen LogP contribution in [0.3, 0.4) is 0 Å². The average Bonchev–Trinajstić information content (AvgIpc) is 1.57. The van der Waals surface area contributed by atoms with Gasteiger partial charge in [-0.3, -0.25) is 39.6 Å². The van der Waals surface area contributed by atoms with E-state index in [1.165, 1.54) is 36.8 Å². The molecule has 0 aliphatic rings. The molecule has 0 fully saturated rings. The largest absolute Gasteiger partial charge is 0.418 e. The molecular formula is C71H40Cl4F14N20O4. The van der Waals surface area contributed by atoms with E-state index in [-0.39, 0.29) is 34.5 Å². The van der Waals surface area contributed by atoms with Gasteiger partial charge >= 0.3 is 12.4 Å². The molecule has 0 radical (unpaired) electrons. The second-order valence-electron chi connectivity index (χ2n) is 23.7. The monoisotopic (exact) mass is 1640 g/mol. The van der Waals surface area contributed by atoms with E-state index in [9.17, 15) is 80.6 Å². The van der Waals surface area contributed by atoms with Gasteiger partial charge in [0.1, 0.15) is 97.1 Å². The molecule has 8 heterocycles. The van der Waals surface area contributed by atoms with Crippen LogP contribution in [0, 0.1) is 53.5 Å². The molecule has 0 saturated carbocycles. The topological polar surface area (TPSA) is 346 Å². The molecule has 0 unspecified atom stereocenters. The van der Waals surface area contributed by atoms with Crippen LogP contribution in [-0.2, 0) is 12.4 Å². The van der Waals surface area contributed by atoms with E-state index in [2.05, 4.69) is 102 Å². The molecule has 42 heteroatoms. The number of amides is 4. The molecule has 16 aromatic rings. The first kappa shape index (κ1) is 77.7. The van der Waals surface area contributed by atoms with Crippen molar-refractivity contribution in [2.75, 3.05) is 21.3 Å². The lowest BCUT2D eigenvalue weighted by molar-refractivity contribution is -0.142. The van der Waals surface area contributed by atoms with Gasteiger partial charge in [0.05, 0.1) is 107 Å². The minimum Gasteiger partial charge on any atom is -0.337 e. The van der Waals surface area contributed by atoms with Gasteiger partial charge in [-0.05, 0) is 116 Å². The molecule has 0 atom stereocenters. The number of aromatic nitrogens is 16. The average molecular weight is 1650 g/mol. The number of nitrogens with one attached hydrogen (secondary N) is 12. The van der Waals surface area contributed by atoms with Crippen LogP contribution in [-0.4, -0.2) is 104 Å². The number of H-pyrrole nitrogens is 8. The number of anilines is 4. The fourth-order valence-electron chi connectivity index (χ4n) is 10.9. The summed E-state index contributed by atoms with van der Waals surface area (Å²) in [6, 6.07) is 24.6. The first-order valence-electron chi connectivity index (χ1n) is 31.8. The normalized spacial score (nSPS) is 11.5. The van der Waals surface area contributed by atoms with Gasteiger partial charge in [0.2, 0.25) is 0 Å². The summed E-state index contributed by atoms with van der Waals surface area (Å²) in [7, 11) is 0. The van der Waals surface area contributed by atoms with Crippen molar-refractivity contribution >= 4 is 137 Å². The van der Waals surface area contributed by atoms with Gasteiger partial charge < -0.3 is 41.2 Å². The number of aryl methyl sites for hydroxylation is 1. The van der Waals surface area contributed by atoms with E-state index < -0.39 is 133 Å². The molecule has 4 amide bonds. The molecule has 113 heavy (non-hydrogen) atoms. The van der Waals surface area contributed by atoms with Crippen molar-refractivity contribution in [2.45, 2.75) is 19.3 Å². The van der Waals surface area contributed by atoms with Crippen LogP contribution in [0.15, 0.2) is 152 Å². The third-order valence-electron chi connectivity index (χ3n) is 16.2. The summed E-state index contributed by atoms with van der Waals surface area (Å²) in [5, 5.41) is 36.9. The van der Waals surface area contributed by atoms with Crippen molar-refractivity contribution in [1.29, 1.82) is 0 Å². The molecule has 16 rings (SSSR count). The number of hydrogen-bond acceptors (Lipinski definition) is 12. The first-order chi connectivity index (χ1) is 53.8. The van der Waals surface area contributed by atoms with E-state index in [4.69, 9.17) is 46.4 Å². The molecule has 8 aromatic heterocycles. The summed E-state index contributed by atoms with van der Waals surface area (Å²) in [4.78, 5) is 77.6. The summed E-state index contributed by atoms with van der Waals surface area (Å²) in [6.07, 6.45) is -5.27. The van der Waals surface area contributed by atoms with E-state index in [0.29, 0.717) is 88.3 Å². The molecule has 0 spiro atoms. The zero-order chi connectivity index (χ0) is 80.6. The van der Waals surface area contributed by atoms with Crippen molar-refractivity contribution in [3.8, 4) is 46.1 Å². The summed E-state index contributed by atoms with van der Waals surface area (Å²) < 4.78 is 190. The number of alkyl halides is 6. The second-order valence-corrected chi connectivity index (χ2v) is 25.3. The predicted molar refractivity (Wildman–Crippen MR) is 387 cm³/mol. The van der Waals surface area contributed by atoms with Crippen molar-refractivity contribution < 1.29 is 80.6 Å². The Bertz CT molecular complexity index is 6060. The smallest absolute Gasteiger partial charge is 0.337 e. The standard InChI is InChI=1S/C19H9F8N5O.C18H12ClF2N5O.C17H9Cl2F2N5O.C17H10ClF2N5O/c20-9-2-1-3-10(21)13(9)17(33)30-12-6-28-32-15(12)16-29-11-5-7(18(22,23)24)4-8(14(11)31-16)19(25,26)27;1-8-5-12-13(6-9(8)19)24-17(23-12)16-14(7-22-26-16)25-18(27)15-10(20)3-2-4-11(15)21;18-7-4-11-12(5-8(7)19)24-16(23-11)15-13(6-22-26-15)25-17(27)14-9(20)2-1-3-10(14)21;18-8-4-5-11-12(6-8)23-16(22-11)15-13(7-21-25-15)24-17(26)14-9(19)2-1-3-10(14)20/h1-6H,(H,28,32)(H,29,31)(H,30,33);2-7H,1H3,(H,22,26)(H,23,24)(H,25,27);1-6H,(H,22,26)(H,23,24)(H,25,27);1-7H,(H,21,25)(H,22,23)(H,24,26). The molecule has 8 aromatic carbocycles. The van der Waals surface area contributed by atoms with Crippen molar-refractivity contribution in [2.24, 2.45) is 0 Å². The number of halogens is 18. The number of benzene rings is 8. The lowest BCUT2D eigenvalue weighted by Gasteiger charge is -2.11. The number of aromatic amines is 8. The van der Waals surface area contributed by atoms with Gasteiger partial charge in [-0.15, -0.1) is 0 Å². The molecule has 0 saturated heterocycles. The van der Waals surface area contributed by atoms with Crippen LogP contribution in [0.1, 0.15) is 58.1 Å². The highest BCUT2D eigenvalue weighted by molar-refractivity contribution is 6.42. The maximum atomic E-state index is 13.8. The van der Waals surface area contributed by atoms with Crippen LogP contribution >= 0.6 is 46.4 Å². The van der Waals surface area contributed by atoms with E-state index in [1.54, 1.807) is 36.4 Å². The van der Waals surface area contributed by atoms with Gasteiger partial charge in [0, 0.05) is 10.0 Å². The molecular weight excluding hydrogens is 1600 g/mol. The minimum atomic E-state index is -5.15. The van der Waals surface area contributed by atoms with Crippen LogP contribution in [0.2, 0.25) is 20.1 Å². The fourth-order valence-corrected chi connectivity index (χ4v) is 11.6. The number of hydrogen-bond donors (Lipinski definition) is 12. The summed E-state index contributed by atoms with van der Waals surface area (Å²) >= 11 is 24.0. The Morgan fingerprint density at radius 3 is 1.04 bits per heavy atom. The van der Waals surface area contributed by atoms with Crippen LogP contribution < -0.4 is 21.3 Å². The highest BCUT2D eigenvalue weighted by Crippen LogP contribution is 2.42. The third kappa shape index (κ3) is 16.6. The molecule has 0 aliphatic heterocycles. The Balaban J connectivity index is 0.000000132. The SMILES string of the molecule is Cc1cc2[nH]c(-c3[nH]ncc3NC(=O)c3c(F)cccc3F)nc2cc1Cl.O=C(Nc1cn[nH]c1-c1nc2c(C(F)(F)F)cc(C(F)(F)F)cc2[nH]1)c1c(F)cccc1F.O=C(Nc1cn[nH]c1-c1nc2cc(Cl)c(Cl)cc2[nH]1)c1c(F)cccc1F.O=C(Nc1cn[nH]c1-c1nc2ccc(Cl)cc2[nH]1)c1c(F)cccc1F. The van der Waals surface area contributed by atoms with Crippen molar-refractivity contribution in [3.05, 3.63) is 258 Å². The van der Waals surface area contributed by atoms with Gasteiger partial charge in [0.25, 0.3) is 23.6 Å². The number of rotatable bonds is 12. The zero-order valence-corrected chi connectivity index (χ0v) is 59.0. The Kier molecular flexibility index (Phi) is 21.7. The van der Waals surface area contributed by atoms with Crippen LogP contribution in [0.25, 0.3) is 90.2 Å². The van der Waals surface area contributed by atoms with Crippen molar-refractivity contribution in [1.82, 2.24) is 80.7 Å². The lowest BCUT2D eigenvalue weighted by Crippen LogP contribution is -2.16. The highest BCUT2D eigenvalue weighted by Gasteiger charge is 2.40. The van der Waals surface area contributed by atoms with E-state index in [0.717, 1.165) is 71.9 Å². The number of carbonyl (C=O) groups is 4. The Morgan fingerprint density at radius 2 is 0.673 bits per heavy atom. The summed E-state index contributed by atoms with van der Waals surface area (Å²) in [5.74, 6) is -11.4. The van der Waals surface area contributed by atoms with Crippen molar-refractivity contribution in [3.63, 3.8) is 0 Å². The molecule has 0 aliphatic carbocycles. The maximum absolute atomic E-state index is 13.8. The number of imidazole rings is 4. The Hall–Kier alpha value is -13.5. The number of carbonyl (C=O) groups excluding carboxylic acids is 4. The highest BCUT2D eigenvalue weighted by atomic mass is 35.5. The quantitative estimate of drug-likeness (QED) is 0.0508. The first-order valence-corrected chi connectivity index (χ1v) is 33.3. The molecule has 24 nitrogen and oxygen atoms in total. The predicted octanol–water partition coefficient (Wildman–Crippen LogP) is 18.9. The lowest BCUT2D eigenvalue weighted by atomic mass is 10.1. The minimum absolute atomic E-state index is 0.0659. The summed E-state index contributed by atoms with van der Waals surface area (Å²) in [5.41, 5.74) is -1.53. The third-order valence-corrected chi connectivity index (χ3v) is 17.6. The number of fused-ring (bicyclic) bond motifs is 4. The van der Waals surface area contributed by atoms with E-state index >= 15 is 0 Å². The van der Waals surface area contributed by atoms with Crippen LogP contribution in [0.5, 0.6) is 0 Å².